The number of hydrogen-bond donors (Lipinski definition) is 2. The maximum atomic E-state index is 9.92. The van der Waals surface area contributed by atoms with Crippen LogP contribution in [0.1, 0.15) is 60.8 Å². The molecule has 0 aromatic rings. The molecule has 2 heterocycles. The normalized spacial score (nSPS) is 37.3. The molecule has 5 heteroatoms. The lowest BCUT2D eigenvalue weighted by Crippen LogP contribution is -2.38. The summed E-state index contributed by atoms with van der Waals surface area (Å²) in [6, 6.07) is 0. The monoisotopic (exact) mass is 409 g/mol. The average molecular weight is 410 g/mol. The molecule has 0 aromatic carbocycles. The highest BCUT2D eigenvalue weighted by molar-refractivity contribution is 5.17. The minimum absolute atomic E-state index is 0.125. The smallest absolute Gasteiger partial charge is 0.0929 e. The molecule has 0 bridgehead atoms. The molecule has 5 nitrogen and oxygen atoms in total. The van der Waals surface area contributed by atoms with Gasteiger partial charge in [0.05, 0.1) is 36.1 Å². The second-order valence-corrected chi connectivity index (χ2v) is 9.60. The summed E-state index contributed by atoms with van der Waals surface area (Å²) in [5.41, 5.74) is 6.91. The molecule has 2 aliphatic heterocycles. The Hall–Kier alpha value is -0.720. The summed E-state index contributed by atoms with van der Waals surface area (Å²) in [5.74, 6) is 1.09. The zero-order valence-corrected chi connectivity index (χ0v) is 19.4. The lowest BCUT2D eigenvalue weighted by Gasteiger charge is -2.35. The van der Waals surface area contributed by atoms with E-state index in [0.29, 0.717) is 18.4 Å². The molecule has 2 fully saturated rings. The van der Waals surface area contributed by atoms with Crippen LogP contribution in [0.4, 0.5) is 0 Å². The molecule has 2 saturated heterocycles. The van der Waals surface area contributed by atoms with Gasteiger partial charge in [0.1, 0.15) is 0 Å². The summed E-state index contributed by atoms with van der Waals surface area (Å²) in [4.78, 5) is 0. The number of methoxy groups -OCH3 is 1. The summed E-state index contributed by atoms with van der Waals surface area (Å²) in [7, 11) is 1.65. The Morgan fingerprint density at radius 3 is 2.59 bits per heavy atom. The van der Waals surface area contributed by atoms with Crippen LogP contribution in [-0.4, -0.2) is 54.9 Å². The van der Waals surface area contributed by atoms with Crippen molar-refractivity contribution in [2.45, 2.75) is 96.9 Å². The van der Waals surface area contributed by atoms with E-state index in [1.807, 2.05) is 0 Å². The van der Waals surface area contributed by atoms with Gasteiger partial charge in [-0.15, -0.1) is 0 Å². The van der Waals surface area contributed by atoms with E-state index in [0.717, 1.165) is 12.8 Å². The number of aliphatic hydroxyl groups excluding tert-OH is 1. The van der Waals surface area contributed by atoms with Gasteiger partial charge in [0.15, 0.2) is 0 Å². The van der Waals surface area contributed by atoms with Crippen LogP contribution in [0.3, 0.4) is 0 Å². The molecular weight excluding hydrogens is 366 g/mol. The van der Waals surface area contributed by atoms with Crippen LogP contribution in [0.25, 0.3) is 0 Å². The maximum absolute atomic E-state index is 9.92. The largest absolute Gasteiger partial charge is 0.391 e. The first-order chi connectivity index (χ1) is 13.6. The van der Waals surface area contributed by atoms with Crippen molar-refractivity contribution in [2.24, 2.45) is 23.5 Å². The van der Waals surface area contributed by atoms with Crippen LogP contribution in [0.5, 0.6) is 0 Å². The molecule has 1 unspecified atom stereocenters. The zero-order chi connectivity index (χ0) is 21.8. The molecule has 2 aliphatic rings. The van der Waals surface area contributed by atoms with Gasteiger partial charge in [-0.25, -0.2) is 0 Å². The molecule has 9 atom stereocenters. The van der Waals surface area contributed by atoms with Gasteiger partial charge < -0.3 is 25.1 Å². The molecule has 3 N–H and O–H groups in total. The molecule has 0 saturated carbocycles. The minimum Gasteiger partial charge on any atom is -0.391 e. The second-order valence-electron chi connectivity index (χ2n) is 9.60. The Labute approximate surface area is 177 Å². The fourth-order valence-corrected chi connectivity index (χ4v) is 5.05. The number of epoxide rings is 1. The van der Waals surface area contributed by atoms with Crippen LogP contribution in [0.15, 0.2) is 23.8 Å². The van der Waals surface area contributed by atoms with E-state index in [4.69, 9.17) is 19.9 Å². The Balaban J connectivity index is 1.88. The van der Waals surface area contributed by atoms with Gasteiger partial charge in [-0.2, -0.15) is 0 Å². The van der Waals surface area contributed by atoms with E-state index in [-0.39, 0.29) is 35.9 Å². The Bertz CT molecular complexity index is 575. The lowest BCUT2D eigenvalue weighted by molar-refractivity contribution is -0.0542. The van der Waals surface area contributed by atoms with Crippen molar-refractivity contribution in [3.63, 3.8) is 0 Å². The molecular formula is C24H43NO4. The first-order valence-corrected chi connectivity index (χ1v) is 11.2. The fourth-order valence-electron chi connectivity index (χ4n) is 5.05. The number of allylic oxidation sites excluding steroid dienone is 3. The fraction of sp³-hybridized carbons (Fsp3) is 0.833. The molecule has 0 spiro atoms. The van der Waals surface area contributed by atoms with Gasteiger partial charge in [0.2, 0.25) is 0 Å². The summed E-state index contributed by atoms with van der Waals surface area (Å²) in [5, 5.41) is 9.92. The number of ether oxygens (including phenoxy) is 3. The second kappa shape index (κ2) is 10.5. The van der Waals surface area contributed by atoms with E-state index >= 15 is 0 Å². The first-order valence-electron chi connectivity index (χ1n) is 11.2. The van der Waals surface area contributed by atoms with E-state index in [2.05, 4.69) is 52.8 Å². The van der Waals surface area contributed by atoms with Crippen LogP contribution < -0.4 is 5.73 Å². The topological polar surface area (TPSA) is 77.2 Å². The molecule has 29 heavy (non-hydrogen) atoms. The molecule has 2 rings (SSSR count). The number of rotatable bonds is 10. The van der Waals surface area contributed by atoms with Gasteiger partial charge in [-0.3, -0.25) is 0 Å². The summed E-state index contributed by atoms with van der Waals surface area (Å²) < 4.78 is 17.7. The van der Waals surface area contributed by atoms with E-state index in [9.17, 15) is 5.11 Å². The highest BCUT2D eigenvalue weighted by Crippen LogP contribution is 2.47. The van der Waals surface area contributed by atoms with Gasteiger partial charge in [0.25, 0.3) is 0 Å². The van der Waals surface area contributed by atoms with E-state index < -0.39 is 6.10 Å². The van der Waals surface area contributed by atoms with Gasteiger partial charge in [-0.05, 0) is 57.4 Å². The Morgan fingerprint density at radius 2 is 2.00 bits per heavy atom. The van der Waals surface area contributed by atoms with Gasteiger partial charge in [-0.1, -0.05) is 39.0 Å². The number of nitrogens with two attached hydrogens (primary N) is 1. The van der Waals surface area contributed by atoms with Gasteiger partial charge >= 0.3 is 0 Å². The van der Waals surface area contributed by atoms with Crippen molar-refractivity contribution < 1.29 is 19.3 Å². The van der Waals surface area contributed by atoms with Crippen molar-refractivity contribution in [1.29, 1.82) is 0 Å². The van der Waals surface area contributed by atoms with Crippen molar-refractivity contribution in [3.05, 3.63) is 23.8 Å². The minimum atomic E-state index is -0.503. The third-order valence-electron chi connectivity index (χ3n) is 6.72. The number of hydrogen-bond acceptors (Lipinski definition) is 5. The maximum Gasteiger partial charge on any atom is 0.0929 e. The molecule has 0 aliphatic carbocycles. The summed E-state index contributed by atoms with van der Waals surface area (Å²) in [6.45, 7) is 13.3. The van der Waals surface area contributed by atoms with E-state index in [1.54, 1.807) is 14.0 Å². The molecule has 0 aromatic heterocycles. The van der Waals surface area contributed by atoms with Crippen LogP contribution >= 0.6 is 0 Å². The lowest BCUT2D eigenvalue weighted by atomic mass is 9.85. The SMILES string of the molecule is CO[C@H]([C@@H](C)[C@H]1OC1(C)C[C@H](C)/C=C/C=C(\C)[C@H]1O[C@@H](CN)CC[C@@H]1C)[C@@H](C)O. The number of aliphatic hydroxyl groups is 1. The predicted molar refractivity (Wildman–Crippen MR) is 118 cm³/mol. The Kier molecular flexibility index (Phi) is 8.92. The molecule has 0 radical (unpaired) electrons. The van der Waals surface area contributed by atoms with Crippen LogP contribution in [0, 0.1) is 17.8 Å². The van der Waals surface area contributed by atoms with Crippen LogP contribution in [0.2, 0.25) is 0 Å². The van der Waals surface area contributed by atoms with Crippen molar-refractivity contribution in [1.82, 2.24) is 0 Å². The van der Waals surface area contributed by atoms with Crippen molar-refractivity contribution in [3.8, 4) is 0 Å². The van der Waals surface area contributed by atoms with Crippen LogP contribution in [-0.2, 0) is 14.2 Å². The quantitative estimate of drug-likeness (QED) is 0.423. The third kappa shape index (κ3) is 6.38. The van der Waals surface area contributed by atoms with Gasteiger partial charge in [0, 0.05) is 19.6 Å². The highest BCUT2D eigenvalue weighted by Gasteiger charge is 2.56. The van der Waals surface area contributed by atoms with E-state index in [1.165, 1.54) is 12.0 Å². The van der Waals surface area contributed by atoms with Crippen molar-refractivity contribution >= 4 is 0 Å². The summed E-state index contributed by atoms with van der Waals surface area (Å²) in [6.07, 6.45) is 9.53. The average Bonchev–Trinajstić information content (AvgIpc) is 3.32. The molecule has 168 valence electrons. The third-order valence-corrected chi connectivity index (χ3v) is 6.72. The molecule has 0 amide bonds. The van der Waals surface area contributed by atoms with Crippen molar-refractivity contribution in [2.75, 3.05) is 13.7 Å². The Morgan fingerprint density at radius 1 is 1.31 bits per heavy atom. The standard InChI is InChI=1S/C24H43NO4/c1-15(13-24(6)23(29-24)18(4)22(27-7)19(5)26)9-8-10-16(2)21-17(3)11-12-20(14-25)28-21/h8-10,15,17-23,26H,11-14,25H2,1-7H3/b9-8+,16-10+/t15-,17+,18-,19-,20-,21-,22-,23-,24?/m1/s1. The zero-order valence-electron chi connectivity index (χ0n) is 19.4. The predicted octanol–water partition coefficient (Wildman–Crippen LogP) is 3.85. The highest BCUT2D eigenvalue weighted by atomic mass is 16.6. The first kappa shape index (κ1) is 24.5. The summed E-state index contributed by atoms with van der Waals surface area (Å²) >= 11 is 0.